The minimum absolute atomic E-state index is 0.0102. The summed E-state index contributed by atoms with van der Waals surface area (Å²) in [6.07, 6.45) is 16.9. The number of allylic oxidation sites excluding steroid dienone is 6. The zero-order valence-corrected chi connectivity index (χ0v) is 60.5. The fourth-order valence-corrected chi connectivity index (χ4v) is 13.2. The highest BCUT2D eigenvalue weighted by atomic mass is 16.4. The van der Waals surface area contributed by atoms with Gasteiger partial charge in [0.25, 0.3) is 0 Å². The lowest BCUT2D eigenvalue weighted by molar-refractivity contribution is -0.401. The number of hydrogen-bond donors (Lipinski definition) is 13. The molecule has 0 saturated carbocycles. The van der Waals surface area contributed by atoms with Crippen molar-refractivity contribution < 1.29 is 53.1 Å². The molecule has 3 heterocycles. The van der Waals surface area contributed by atoms with Crippen LogP contribution in [0.25, 0.3) is 0 Å². The monoisotopic (exact) mass is 1400 g/mol. The van der Waals surface area contributed by atoms with Crippen LogP contribution in [0.4, 0.5) is 16.2 Å². The van der Waals surface area contributed by atoms with Crippen LogP contribution in [0.5, 0.6) is 5.75 Å². The van der Waals surface area contributed by atoms with Crippen LogP contribution in [0.3, 0.4) is 0 Å². The van der Waals surface area contributed by atoms with Gasteiger partial charge in [-0.05, 0) is 132 Å². The third-order valence-corrected chi connectivity index (χ3v) is 19.0. The summed E-state index contributed by atoms with van der Waals surface area (Å²) in [5.74, 6) is -5.42. The van der Waals surface area contributed by atoms with E-state index in [0.717, 1.165) is 25.8 Å². The van der Waals surface area contributed by atoms with E-state index < -0.39 is 83.7 Å². The highest BCUT2D eigenvalue weighted by Crippen LogP contribution is 2.48. The van der Waals surface area contributed by atoms with Crippen LogP contribution < -0.4 is 65.1 Å². The van der Waals surface area contributed by atoms with Crippen molar-refractivity contribution in [3.8, 4) is 5.75 Å². The van der Waals surface area contributed by atoms with Crippen molar-refractivity contribution in [3.63, 3.8) is 0 Å². The highest BCUT2D eigenvalue weighted by Gasteiger charge is 2.44. The number of hydrogen-bond acceptors (Lipinski definition) is 13. The molecule has 3 aliphatic heterocycles. The van der Waals surface area contributed by atoms with E-state index in [4.69, 9.17) is 22.9 Å². The number of carboxylic acid groups (broad SMARTS) is 1. The summed E-state index contributed by atoms with van der Waals surface area (Å²) in [5.41, 5.74) is 31.3. The summed E-state index contributed by atoms with van der Waals surface area (Å²) in [4.78, 5) is 120. The molecule has 8 amide bonds. The zero-order chi connectivity index (χ0) is 74.0. The molecule has 0 bridgehead atoms. The fraction of sp³-hybridized carbons (Fsp3) is 0.533. The van der Waals surface area contributed by atoms with E-state index in [2.05, 4.69) is 170 Å². The minimum Gasteiger partial charge on any atom is -0.508 e. The largest absolute Gasteiger partial charge is 0.508 e. The lowest BCUT2D eigenvalue weighted by atomic mass is 9.81. The lowest BCUT2D eigenvalue weighted by Gasteiger charge is -2.31. The normalized spacial score (nSPS) is 17.6. The number of para-hydroxylation sites is 2. The Morgan fingerprint density at radius 1 is 0.713 bits per heavy atom. The average molecular weight is 1400 g/mol. The molecule has 0 spiro atoms. The number of aromatic hydroxyl groups is 1. The number of carbonyl (C=O) groups excluding carboxylic acids is 7. The Labute approximate surface area is 595 Å². The van der Waals surface area contributed by atoms with E-state index in [0.29, 0.717) is 50.8 Å². The number of aliphatic carboxylic acids is 1. The summed E-state index contributed by atoms with van der Waals surface area (Å²) in [5, 5.41) is 39.0. The molecule has 550 valence electrons. The van der Waals surface area contributed by atoms with Gasteiger partial charge in [-0.1, -0.05) is 121 Å². The summed E-state index contributed by atoms with van der Waals surface area (Å²) < 4.78 is 2.28. The number of amides is 8. The number of phenolic OH excluding ortho intramolecular Hbond substituents is 1. The van der Waals surface area contributed by atoms with Crippen molar-refractivity contribution >= 4 is 76.4 Å². The van der Waals surface area contributed by atoms with Gasteiger partial charge in [0.1, 0.15) is 43.0 Å². The summed E-state index contributed by atoms with van der Waals surface area (Å²) >= 11 is 0. The van der Waals surface area contributed by atoms with E-state index in [-0.39, 0.29) is 105 Å². The summed E-state index contributed by atoms with van der Waals surface area (Å²) in [6.45, 7) is 18.3. The molecule has 1 saturated heterocycles. The molecule has 7 atom stereocenters. The van der Waals surface area contributed by atoms with Gasteiger partial charge in [0, 0.05) is 86.6 Å². The predicted molar refractivity (Wildman–Crippen MR) is 395 cm³/mol. The van der Waals surface area contributed by atoms with Gasteiger partial charge in [-0.25, -0.2) is 9.59 Å². The average Bonchev–Trinajstić information content (AvgIpc) is 1.61. The number of fused-ring (bicyclic) bond motifs is 2. The van der Waals surface area contributed by atoms with Gasteiger partial charge in [0.2, 0.25) is 41.1 Å². The van der Waals surface area contributed by atoms with E-state index in [1.165, 1.54) is 50.9 Å². The van der Waals surface area contributed by atoms with Gasteiger partial charge >= 0.3 is 12.0 Å². The number of nitrogens with zero attached hydrogens (tertiary/aromatic N) is 5. The molecule has 26 heteroatoms. The molecule has 3 aromatic rings. The molecule has 0 radical (unpaired) electrons. The number of nitrogens with one attached hydrogen (secondary N) is 7. The van der Waals surface area contributed by atoms with Gasteiger partial charge in [-0.15, -0.1) is 0 Å². The molecular formula is C75H111N16O10+. The molecule has 0 aromatic heterocycles. The highest BCUT2D eigenvalue weighted by molar-refractivity contribution is 6.03. The standard InChI is InChI=1S/C75H110N16O10/c1-10-49(4)64(68(97)86-57(70(99)100)46-48(2)3)87-66(95)56(47-50-36-38-51(92)39-37-50)85-67(96)60-32-25-45-91(60)69(98)55(29-24-42-81-71(77)78)84-65(94)54(76)28-23-43-82-72(79)88-73(101)83-41-21-20-40-80-63(93)35-15-12-22-44-90-59-31-19-17-27-53(59)75(7,8)62(90)34-14-11-13-33-61-74(5,6)52-26-16-18-30-58(52)89(61)9/h11,13-14,16-19,26-27,30-31,33-34,36-39,48-49,54-57,60,64H,10,12,15,20-25,28-29,32,35,40-47,76H2,1-9H3,(H14-,77,78,79,80,81,82,83,84,85,86,87,88,92,93,94,95,96,97,99,100,101)/p+1/t49-,54-,55-,56-,57-,60-,64-/m0/s1. The molecule has 3 aromatic carbocycles. The predicted octanol–water partition coefficient (Wildman–Crippen LogP) is 5.77. The quantitative estimate of drug-likeness (QED) is 0.0106. The Balaban J connectivity index is 0.909. The van der Waals surface area contributed by atoms with Crippen LogP contribution in [0, 0.1) is 11.8 Å². The number of urea groups is 1. The Kier molecular flexibility index (Phi) is 30.9. The summed E-state index contributed by atoms with van der Waals surface area (Å²) in [6, 6.07) is 15.6. The van der Waals surface area contributed by atoms with E-state index in [1.54, 1.807) is 19.1 Å². The van der Waals surface area contributed by atoms with Crippen LogP contribution >= 0.6 is 0 Å². The van der Waals surface area contributed by atoms with E-state index in [1.807, 2.05) is 20.8 Å². The van der Waals surface area contributed by atoms with Crippen molar-refractivity contribution in [2.45, 2.75) is 199 Å². The van der Waals surface area contributed by atoms with Crippen LogP contribution in [0.1, 0.15) is 162 Å². The third-order valence-electron chi connectivity index (χ3n) is 19.0. The van der Waals surface area contributed by atoms with Crippen LogP contribution in [0.2, 0.25) is 0 Å². The SMILES string of the molecule is CC[C@H](C)[C@H](NC(=O)[C@H](Cc1ccc(O)cc1)NC(=O)[C@@H]1CCCN1C(=O)[C@H](CCCN=C(N)N)NC(=O)[C@@H](N)CCCN=C(N)NC(=O)NCCCCNC(=O)CCCCCN1/C(=C/C=C/C=C/C2=[N+](C)c3ccccc3C2(C)C)C(C)(C)c2ccccc21)C(=O)N[C@@H](CC(C)C)C(=O)O. The number of guanidine groups is 2. The molecule has 6 rings (SSSR count). The van der Waals surface area contributed by atoms with Gasteiger partial charge in [-0.3, -0.25) is 44.1 Å². The molecule has 1 fully saturated rings. The molecule has 0 unspecified atom stereocenters. The number of phenols is 1. The van der Waals surface area contributed by atoms with E-state index >= 15 is 0 Å². The van der Waals surface area contributed by atoms with Gasteiger partial charge < -0.3 is 74.8 Å². The van der Waals surface area contributed by atoms with Crippen LogP contribution in [-0.4, -0.2) is 167 Å². The number of nitrogens with two attached hydrogens (primary N) is 4. The summed E-state index contributed by atoms with van der Waals surface area (Å²) in [7, 11) is 2.13. The molecule has 0 aliphatic carbocycles. The second kappa shape index (κ2) is 38.8. The van der Waals surface area contributed by atoms with Gasteiger partial charge in [-0.2, -0.15) is 4.58 Å². The second-order valence-electron chi connectivity index (χ2n) is 28.0. The fourth-order valence-electron chi connectivity index (χ4n) is 13.2. The Bertz CT molecular complexity index is 3540. The Morgan fingerprint density at radius 2 is 1.38 bits per heavy atom. The van der Waals surface area contributed by atoms with Crippen molar-refractivity contribution in [1.29, 1.82) is 0 Å². The van der Waals surface area contributed by atoms with Crippen molar-refractivity contribution in [2.24, 2.45) is 44.8 Å². The number of anilines is 1. The number of rotatable bonds is 38. The Morgan fingerprint density at radius 3 is 2.06 bits per heavy atom. The number of carbonyl (C=O) groups is 8. The van der Waals surface area contributed by atoms with E-state index in [9.17, 15) is 48.6 Å². The number of likely N-dealkylation sites (tertiary alicyclic amines) is 1. The van der Waals surface area contributed by atoms with Gasteiger partial charge in [0.15, 0.2) is 17.6 Å². The number of unbranched alkanes of at least 4 members (excludes halogenated alkanes) is 3. The van der Waals surface area contributed by atoms with Crippen molar-refractivity contribution in [3.05, 3.63) is 126 Å². The van der Waals surface area contributed by atoms with Crippen LogP contribution in [-0.2, 0) is 50.8 Å². The second-order valence-corrected chi connectivity index (χ2v) is 28.0. The maximum absolute atomic E-state index is 14.5. The first-order chi connectivity index (χ1) is 48.0. The van der Waals surface area contributed by atoms with Gasteiger partial charge in [0.05, 0.1) is 11.5 Å². The molecule has 26 nitrogen and oxygen atoms in total. The number of aliphatic imine (C=N–C) groups is 2. The zero-order valence-electron chi connectivity index (χ0n) is 60.5. The minimum atomic E-state index is -1.30. The topological polar surface area (TPSA) is 400 Å². The lowest BCUT2D eigenvalue weighted by Crippen LogP contribution is -2.60. The van der Waals surface area contributed by atoms with Crippen LogP contribution in [0.15, 0.2) is 119 Å². The third kappa shape index (κ3) is 23.5. The Hall–Kier alpha value is -9.59. The van der Waals surface area contributed by atoms with Crippen molar-refractivity contribution in [1.82, 2.24) is 42.1 Å². The number of benzene rings is 3. The maximum Gasteiger partial charge on any atom is 0.326 e. The molecular weight excluding hydrogens is 1280 g/mol. The first kappa shape index (κ1) is 80.4. The first-order valence-corrected chi connectivity index (χ1v) is 35.6. The molecule has 17 N–H and O–H groups in total. The maximum atomic E-state index is 14.5. The first-order valence-electron chi connectivity index (χ1n) is 35.6. The number of carboxylic acids is 1. The molecule has 101 heavy (non-hydrogen) atoms. The smallest absolute Gasteiger partial charge is 0.326 e. The van der Waals surface area contributed by atoms with Crippen molar-refractivity contribution in [2.75, 3.05) is 51.2 Å². The molecule has 3 aliphatic rings.